The molecule has 0 fully saturated rings. The summed E-state index contributed by atoms with van der Waals surface area (Å²) in [6.07, 6.45) is 5.22. The van der Waals surface area contributed by atoms with Crippen molar-refractivity contribution in [3.63, 3.8) is 0 Å². The van der Waals surface area contributed by atoms with Gasteiger partial charge < -0.3 is 15.5 Å². The highest BCUT2D eigenvalue weighted by Crippen LogP contribution is 1.96. The van der Waals surface area contributed by atoms with Crippen molar-refractivity contribution in [1.82, 2.24) is 5.01 Å². The number of rotatable bonds is 7. The normalized spacial score (nSPS) is 11.8. The molecule has 0 aromatic rings. The standard InChI is InChI=1S/C9H21N3O/c1-3-4-5-6-12(11)7-9(10)8-13-2/h7H,3-6,8,10-11H2,1-2H3/b9-7-. The largest absolute Gasteiger partial charge is 0.399 e. The summed E-state index contributed by atoms with van der Waals surface area (Å²) in [5.41, 5.74) is 6.26. The minimum atomic E-state index is 0.432. The van der Waals surface area contributed by atoms with Gasteiger partial charge in [-0.3, -0.25) is 0 Å². The molecule has 0 saturated carbocycles. The molecular weight excluding hydrogens is 166 g/mol. The number of hydrazine groups is 1. The summed E-state index contributed by atoms with van der Waals surface area (Å²) in [6, 6.07) is 0. The maximum atomic E-state index is 5.67. The second kappa shape index (κ2) is 7.89. The Labute approximate surface area is 80.5 Å². The predicted molar refractivity (Wildman–Crippen MR) is 54.6 cm³/mol. The van der Waals surface area contributed by atoms with Gasteiger partial charge in [-0.15, -0.1) is 0 Å². The number of nitrogens with zero attached hydrogens (tertiary/aromatic N) is 1. The molecule has 0 aliphatic carbocycles. The van der Waals surface area contributed by atoms with Gasteiger partial charge in [0.05, 0.1) is 12.3 Å². The van der Waals surface area contributed by atoms with Crippen LogP contribution in [0.5, 0.6) is 0 Å². The molecule has 0 unspecified atom stereocenters. The molecule has 0 bridgehead atoms. The van der Waals surface area contributed by atoms with Gasteiger partial charge in [0.1, 0.15) is 0 Å². The minimum Gasteiger partial charge on any atom is -0.399 e. The summed E-state index contributed by atoms with van der Waals surface area (Å²) in [7, 11) is 1.61. The Morgan fingerprint density at radius 3 is 2.69 bits per heavy atom. The Bertz CT molecular complexity index is 148. The highest BCUT2D eigenvalue weighted by atomic mass is 16.5. The van der Waals surface area contributed by atoms with Gasteiger partial charge in [0, 0.05) is 19.9 Å². The maximum Gasteiger partial charge on any atom is 0.0871 e. The van der Waals surface area contributed by atoms with E-state index >= 15 is 0 Å². The van der Waals surface area contributed by atoms with Gasteiger partial charge in [0.2, 0.25) is 0 Å². The first kappa shape index (κ1) is 12.3. The maximum absolute atomic E-state index is 5.67. The molecule has 0 spiro atoms. The second-order valence-electron chi connectivity index (χ2n) is 3.08. The molecule has 0 heterocycles. The van der Waals surface area contributed by atoms with Gasteiger partial charge in [-0.2, -0.15) is 0 Å². The fraction of sp³-hybridized carbons (Fsp3) is 0.778. The van der Waals surface area contributed by atoms with Crippen molar-refractivity contribution in [3.8, 4) is 0 Å². The molecule has 78 valence electrons. The van der Waals surface area contributed by atoms with Crippen LogP contribution in [0.15, 0.2) is 11.9 Å². The van der Waals surface area contributed by atoms with E-state index in [0.29, 0.717) is 12.3 Å². The highest BCUT2D eigenvalue weighted by molar-refractivity contribution is 4.94. The first-order valence-electron chi connectivity index (χ1n) is 4.67. The van der Waals surface area contributed by atoms with E-state index in [-0.39, 0.29) is 0 Å². The van der Waals surface area contributed by atoms with Gasteiger partial charge >= 0.3 is 0 Å². The molecule has 0 rings (SSSR count). The van der Waals surface area contributed by atoms with Crippen molar-refractivity contribution in [2.75, 3.05) is 20.3 Å². The van der Waals surface area contributed by atoms with Gasteiger partial charge in [0.25, 0.3) is 0 Å². The van der Waals surface area contributed by atoms with Crippen molar-refractivity contribution in [1.29, 1.82) is 0 Å². The topological polar surface area (TPSA) is 64.5 Å². The molecule has 0 aromatic carbocycles. The van der Waals surface area contributed by atoms with Crippen molar-refractivity contribution in [2.24, 2.45) is 11.6 Å². The van der Waals surface area contributed by atoms with Crippen LogP contribution in [0, 0.1) is 0 Å². The average Bonchev–Trinajstić information content (AvgIpc) is 2.05. The first-order valence-corrected chi connectivity index (χ1v) is 4.67. The zero-order chi connectivity index (χ0) is 10.1. The second-order valence-corrected chi connectivity index (χ2v) is 3.08. The lowest BCUT2D eigenvalue weighted by Gasteiger charge is -2.14. The molecule has 13 heavy (non-hydrogen) atoms. The average molecular weight is 187 g/mol. The van der Waals surface area contributed by atoms with E-state index in [1.54, 1.807) is 18.3 Å². The molecule has 0 aliphatic heterocycles. The van der Waals surface area contributed by atoms with Gasteiger partial charge in [-0.05, 0) is 6.42 Å². The number of methoxy groups -OCH3 is 1. The molecule has 0 radical (unpaired) electrons. The Hall–Kier alpha value is -0.740. The Morgan fingerprint density at radius 1 is 1.46 bits per heavy atom. The lowest BCUT2D eigenvalue weighted by molar-refractivity contribution is 0.221. The molecule has 0 atom stereocenters. The van der Waals surface area contributed by atoms with Crippen molar-refractivity contribution < 1.29 is 4.74 Å². The van der Waals surface area contributed by atoms with Crippen LogP contribution in [-0.4, -0.2) is 25.3 Å². The minimum absolute atomic E-state index is 0.432. The van der Waals surface area contributed by atoms with E-state index in [9.17, 15) is 0 Å². The van der Waals surface area contributed by atoms with Crippen molar-refractivity contribution >= 4 is 0 Å². The fourth-order valence-electron chi connectivity index (χ4n) is 1.03. The van der Waals surface area contributed by atoms with Crippen molar-refractivity contribution in [2.45, 2.75) is 26.2 Å². The third-order valence-electron chi connectivity index (χ3n) is 1.66. The lowest BCUT2D eigenvalue weighted by Crippen LogP contribution is -2.28. The Morgan fingerprint density at radius 2 is 2.15 bits per heavy atom. The Kier molecular flexibility index (Phi) is 7.44. The smallest absolute Gasteiger partial charge is 0.0871 e. The lowest BCUT2D eigenvalue weighted by atomic mass is 10.2. The number of nitrogens with two attached hydrogens (primary N) is 2. The van der Waals surface area contributed by atoms with Crippen molar-refractivity contribution in [3.05, 3.63) is 11.9 Å². The van der Waals surface area contributed by atoms with Gasteiger partial charge in [-0.25, -0.2) is 5.84 Å². The highest BCUT2D eigenvalue weighted by Gasteiger charge is 1.94. The van der Waals surface area contributed by atoms with Gasteiger partial charge in [0.15, 0.2) is 0 Å². The summed E-state index contributed by atoms with van der Waals surface area (Å²) < 4.78 is 4.85. The number of hydrogen-bond donors (Lipinski definition) is 2. The van der Waals surface area contributed by atoms with Crippen LogP contribution in [0.1, 0.15) is 26.2 Å². The van der Waals surface area contributed by atoms with E-state index in [0.717, 1.165) is 13.0 Å². The third-order valence-corrected chi connectivity index (χ3v) is 1.66. The molecule has 0 aliphatic rings. The van der Waals surface area contributed by atoms with Crippen LogP contribution in [0.25, 0.3) is 0 Å². The van der Waals surface area contributed by atoms with Crippen LogP contribution in [-0.2, 0) is 4.74 Å². The van der Waals surface area contributed by atoms with E-state index in [2.05, 4.69) is 6.92 Å². The summed E-state index contributed by atoms with van der Waals surface area (Å²) in [6.45, 7) is 3.44. The summed E-state index contributed by atoms with van der Waals surface area (Å²) in [5, 5.41) is 1.62. The summed E-state index contributed by atoms with van der Waals surface area (Å²) >= 11 is 0. The SMILES string of the molecule is CCCCCN(N)/C=C(\N)COC. The number of ether oxygens (including phenoxy) is 1. The van der Waals surface area contributed by atoms with E-state index in [1.807, 2.05) is 0 Å². The quantitative estimate of drug-likeness (QED) is 0.351. The summed E-state index contributed by atoms with van der Waals surface area (Å²) in [5.74, 6) is 5.67. The molecule has 0 saturated heterocycles. The van der Waals surface area contributed by atoms with E-state index in [4.69, 9.17) is 16.3 Å². The van der Waals surface area contributed by atoms with Crippen LogP contribution in [0.3, 0.4) is 0 Å². The third kappa shape index (κ3) is 7.62. The summed E-state index contributed by atoms with van der Waals surface area (Å²) in [4.78, 5) is 0. The Balaban J connectivity index is 3.58. The molecule has 0 aromatic heterocycles. The number of unbranched alkanes of at least 4 members (excludes halogenated alkanes) is 2. The fourth-order valence-corrected chi connectivity index (χ4v) is 1.03. The van der Waals surface area contributed by atoms with Gasteiger partial charge in [-0.1, -0.05) is 19.8 Å². The monoisotopic (exact) mass is 187 g/mol. The first-order chi connectivity index (χ1) is 6.20. The zero-order valence-electron chi connectivity index (χ0n) is 8.62. The molecular formula is C9H21N3O. The van der Waals surface area contributed by atoms with E-state index in [1.165, 1.54) is 12.8 Å². The zero-order valence-corrected chi connectivity index (χ0v) is 8.62. The molecule has 4 nitrogen and oxygen atoms in total. The molecule has 0 amide bonds. The van der Waals surface area contributed by atoms with E-state index < -0.39 is 0 Å². The predicted octanol–water partition coefficient (Wildman–Crippen LogP) is 0.799. The van der Waals surface area contributed by atoms with Crippen LogP contribution < -0.4 is 11.6 Å². The number of hydrogen-bond acceptors (Lipinski definition) is 4. The van der Waals surface area contributed by atoms with Crippen LogP contribution in [0.4, 0.5) is 0 Å². The molecule has 4 N–H and O–H groups in total. The van der Waals surface area contributed by atoms with Crippen LogP contribution in [0.2, 0.25) is 0 Å². The van der Waals surface area contributed by atoms with Crippen LogP contribution >= 0.6 is 0 Å². The molecule has 4 heteroatoms.